The fourth-order valence-electron chi connectivity index (χ4n) is 4.30. The zero-order valence-corrected chi connectivity index (χ0v) is 11.8. The first kappa shape index (κ1) is 12.6. The van der Waals surface area contributed by atoms with Crippen LogP contribution >= 0.6 is 0 Å². The summed E-state index contributed by atoms with van der Waals surface area (Å²) in [6.07, 6.45) is 8.46. The minimum absolute atomic E-state index is 0.0875. The van der Waals surface area contributed by atoms with Crippen molar-refractivity contribution in [3.63, 3.8) is 0 Å². The van der Waals surface area contributed by atoms with E-state index in [1.165, 1.54) is 37.8 Å². The molecule has 2 fully saturated rings. The molecule has 3 aliphatic rings. The van der Waals surface area contributed by atoms with Crippen LogP contribution in [0.4, 0.5) is 4.39 Å². The van der Waals surface area contributed by atoms with Crippen LogP contribution in [-0.2, 0) is 0 Å². The van der Waals surface area contributed by atoms with Gasteiger partial charge in [-0.2, -0.15) is 0 Å². The van der Waals surface area contributed by atoms with Crippen LogP contribution in [0, 0.1) is 17.7 Å². The molecule has 2 unspecified atom stereocenters. The summed E-state index contributed by atoms with van der Waals surface area (Å²) in [6, 6.07) is 4.68. The van der Waals surface area contributed by atoms with Crippen LogP contribution in [0.1, 0.15) is 56.6 Å². The summed E-state index contributed by atoms with van der Waals surface area (Å²) in [4.78, 5) is 0. The van der Waals surface area contributed by atoms with E-state index in [1.54, 1.807) is 6.07 Å². The summed E-state index contributed by atoms with van der Waals surface area (Å²) >= 11 is 0. The maximum absolute atomic E-state index is 13.4. The fourth-order valence-corrected chi connectivity index (χ4v) is 4.30. The normalized spacial score (nSPS) is 36.5. The van der Waals surface area contributed by atoms with Gasteiger partial charge in [0.25, 0.3) is 0 Å². The zero-order valence-electron chi connectivity index (χ0n) is 11.8. The second kappa shape index (κ2) is 4.45. The number of halogens is 1. The summed E-state index contributed by atoms with van der Waals surface area (Å²) < 4.78 is 19.7. The average molecular weight is 275 g/mol. The van der Waals surface area contributed by atoms with Crippen molar-refractivity contribution in [1.29, 1.82) is 0 Å². The SMILES string of the molecule is N[C@@H]1CC2(CCCC(C3CC3)C2)Oc2ccc(F)cc21. The molecule has 1 spiro atoms. The standard InChI is InChI=1S/C17H22FNO/c18-13-5-6-16-14(8-13)15(19)10-17(20-16)7-1-2-12(9-17)11-3-4-11/h5-6,8,11-12,15H,1-4,7,9-10,19H2/t12?,15-,17?/m1/s1. The molecule has 3 heteroatoms. The monoisotopic (exact) mass is 275 g/mol. The van der Waals surface area contributed by atoms with Gasteiger partial charge in [0.1, 0.15) is 17.2 Å². The van der Waals surface area contributed by atoms with Crippen molar-refractivity contribution in [2.75, 3.05) is 0 Å². The predicted octanol–water partition coefficient (Wildman–Crippen LogP) is 3.95. The lowest BCUT2D eigenvalue weighted by Gasteiger charge is -2.46. The van der Waals surface area contributed by atoms with Crippen LogP contribution in [0.2, 0.25) is 0 Å². The van der Waals surface area contributed by atoms with Gasteiger partial charge in [-0.15, -0.1) is 0 Å². The molecule has 0 bridgehead atoms. The maximum Gasteiger partial charge on any atom is 0.125 e. The summed E-state index contributed by atoms with van der Waals surface area (Å²) in [6.45, 7) is 0. The van der Waals surface area contributed by atoms with Gasteiger partial charge in [0.15, 0.2) is 0 Å². The molecule has 2 aliphatic carbocycles. The van der Waals surface area contributed by atoms with Crippen molar-refractivity contribution in [2.45, 2.75) is 56.6 Å². The van der Waals surface area contributed by atoms with Gasteiger partial charge in [-0.1, -0.05) is 0 Å². The quantitative estimate of drug-likeness (QED) is 0.842. The Hall–Kier alpha value is -1.09. The van der Waals surface area contributed by atoms with Crippen LogP contribution in [0.5, 0.6) is 5.75 Å². The lowest BCUT2D eigenvalue weighted by atomic mass is 9.71. The zero-order chi connectivity index (χ0) is 13.7. The molecule has 108 valence electrons. The number of nitrogens with two attached hydrogens (primary N) is 1. The predicted molar refractivity (Wildman–Crippen MR) is 76.0 cm³/mol. The van der Waals surface area contributed by atoms with Gasteiger partial charge in [-0.05, 0) is 68.6 Å². The van der Waals surface area contributed by atoms with Crippen molar-refractivity contribution < 1.29 is 9.13 Å². The first-order chi connectivity index (χ1) is 9.65. The van der Waals surface area contributed by atoms with E-state index in [0.717, 1.165) is 42.4 Å². The molecule has 0 radical (unpaired) electrons. The Bertz CT molecular complexity index is 528. The highest BCUT2D eigenvalue weighted by Gasteiger charge is 2.46. The van der Waals surface area contributed by atoms with E-state index in [2.05, 4.69) is 0 Å². The van der Waals surface area contributed by atoms with E-state index in [9.17, 15) is 4.39 Å². The molecule has 0 amide bonds. The lowest BCUT2D eigenvalue weighted by Crippen LogP contribution is -2.46. The third-order valence-corrected chi connectivity index (χ3v) is 5.42. The van der Waals surface area contributed by atoms with E-state index < -0.39 is 0 Å². The smallest absolute Gasteiger partial charge is 0.125 e. The van der Waals surface area contributed by atoms with E-state index in [-0.39, 0.29) is 17.5 Å². The molecule has 2 nitrogen and oxygen atoms in total. The number of hydrogen-bond acceptors (Lipinski definition) is 2. The molecular weight excluding hydrogens is 253 g/mol. The maximum atomic E-state index is 13.4. The highest BCUT2D eigenvalue weighted by molar-refractivity contribution is 5.39. The molecule has 2 saturated carbocycles. The van der Waals surface area contributed by atoms with Crippen molar-refractivity contribution in [1.82, 2.24) is 0 Å². The van der Waals surface area contributed by atoms with Crippen molar-refractivity contribution >= 4 is 0 Å². The Balaban J connectivity index is 1.62. The van der Waals surface area contributed by atoms with Gasteiger partial charge >= 0.3 is 0 Å². The molecule has 3 atom stereocenters. The summed E-state index contributed by atoms with van der Waals surface area (Å²) in [5, 5.41) is 0. The molecule has 1 aliphatic heterocycles. The van der Waals surface area contributed by atoms with Crippen molar-refractivity contribution in [2.24, 2.45) is 17.6 Å². The Morgan fingerprint density at radius 1 is 1.15 bits per heavy atom. The number of benzene rings is 1. The molecule has 1 heterocycles. The van der Waals surface area contributed by atoms with Crippen LogP contribution in [0.3, 0.4) is 0 Å². The topological polar surface area (TPSA) is 35.2 Å². The second-order valence-electron chi connectivity index (χ2n) is 6.97. The van der Waals surface area contributed by atoms with Gasteiger partial charge in [0, 0.05) is 18.0 Å². The number of ether oxygens (including phenoxy) is 1. The Morgan fingerprint density at radius 3 is 2.80 bits per heavy atom. The summed E-state index contributed by atoms with van der Waals surface area (Å²) in [7, 11) is 0. The number of hydrogen-bond donors (Lipinski definition) is 1. The van der Waals surface area contributed by atoms with E-state index in [1.807, 2.05) is 0 Å². The minimum atomic E-state index is -0.224. The van der Waals surface area contributed by atoms with Crippen LogP contribution in [0.25, 0.3) is 0 Å². The molecule has 4 rings (SSSR count). The number of rotatable bonds is 1. The molecule has 1 aromatic rings. The average Bonchev–Trinajstić information content (AvgIpc) is 3.24. The van der Waals surface area contributed by atoms with Gasteiger partial charge < -0.3 is 10.5 Å². The minimum Gasteiger partial charge on any atom is -0.487 e. The summed E-state index contributed by atoms with van der Waals surface area (Å²) in [5.41, 5.74) is 7.06. The lowest BCUT2D eigenvalue weighted by molar-refractivity contribution is -0.0208. The van der Waals surface area contributed by atoms with Crippen molar-refractivity contribution in [3.8, 4) is 5.75 Å². The van der Waals surface area contributed by atoms with Gasteiger partial charge in [-0.3, -0.25) is 0 Å². The fraction of sp³-hybridized carbons (Fsp3) is 0.647. The van der Waals surface area contributed by atoms with E-state index in [0.29, 0.717) is 0 Å². The third-order valence-electron chi connectivity index (χ3n) is 5.42. The first-order valence-corrected chi connectivity index (χ1v) is 7.89. The van der Waals surface area contributed by atoms with Crippen LogP contribution < -0.4 is 10.5 Å². The molecule has 1 aromatic carbocycles. The largest absolute Gasteiger partial charge is 0.487 e. The first-order valence-electron chi connectivity index (χ1n) is 7.89. The Morgan fingerprint density at radius 2 is 2.00 bits per heavy atom. The van der Waals surface area contributed by atoms with Crippen LogP contribution in [0.15, 0.2) is 18.2 Å². The molecule has 0 saturated heterocycles. The second-order valence-corrected chi connectivity index (χ2v) is 6.97. The summed E-state index contributed by atoms with van der Waals surface area (Å²) in [5.74, 6) is 2.33. The van der Waals surface area contributed by atoms with Gasteiger partial charge in [-0.25, -0.2) is 4.39 Å². The Labute approximate surface area is 119 Å². The highest BCUT2D eigenvalue weighted by atomic mass is 19.1. The molecule has 2 N–H and O–H groups in total. The molecule has 0 aromatic heterocycles. The van der Waals surface area contributed by atoms with Gasteiger partial charge in [0.05, 0.1) is 0 Å². The highest BCUT2D eigenvalue weighted by Crippen LogP contribution is 2.52. The van der Waals surface area contributed by atoms with Crippen LogP contribution in [-0.4, -0.2) is 5.60 Å². The molecular formula is C17H22FNO. The third kappa shape index (κ3) is 2.12. The van der Waals surface area contributed by atoms with Crippen molar-refractivity contribution in [3.05, 3.63) is 29.6 Å². The van der Waals surface area contributed by atoms with Gasteiger partial charge in [0.2, 0.25) is 0 Å². The van der Waals surface area contributed by atoms with E-state index in [4.69, 9.17) is 10.5 Å². The number of fused-ring (bicyclic) bond motifs is 1. The molecule has 20 heavy (non-hydrogen) atoms. The Kier molecular flexibility index (Phi) is 2.81. The van der Waals surface area contributed by atoms with E-state index >= 15 is 0 Å².